The van der Waals surface area contributed by atoms with Crippen molar-refractivity contribution in [3.05, 3.63) is 40.8 Å². The van der Waals surface area contributed by atoms with E-state index >= 15 is 0 Å². The fourth-order valence-corrected chi connectivity index (χ4v) is 4.26. The van der Waals surface area contributed by atoms with Gasteiger partial charge in [-0.05, 0) is 29.9 Å². The Morgan fingerprint density at radius 3 is 3.08 bits per heavy atom. The standard InChI is InChI=1S/C17H20N4O2S/c22-16(12-3-7-24-11-12)21-6-2-14-13(9-21)10-23-15(14)8-20-17-18-4-1-5-19-17/h1,3-5,7,11,13-15H,2,6,8-10H2,(H,18,19,20)/t13-,14-,15-/m0/s1. The van der Waals surface area contributed by atoms with Crippen LogP contribution in [-0.4, -0.2) is 53.1 Å². The number of nitrogens with one attached hydrogen (secondary N) is 1. The fraction of sp³-hybridized carbons (Fsp3) is 0.471. The molecule has 2 aromatic heterocycles. The molecule has 2 aromatic rings. The first-order valence-corrected chi connectivity index (χ1v) is 9.19. The minimum absolute atomic E-state index is 0.147. The number of carbonyl (C=O) groups excluding carboxylic acids is 1. The van der Waals surface area contributed by atoms with Crippen LogP contribution in [0.4, 0.5) is 5.95 Å². The molecule has 1 N–H and O–H groups in total. The Bertz CT molecular complexity index is 679. The summed E-state index contributed by atoms with van der Waals surface area (Å²) in [6.45, 7) is 3.03. The van der Waals surface area contributed by atoms with Crippen LogP contribution in [0.25, 0.3) is 0 Å². The Balaban J connectivity index is 1.33. The molecule has 2 aliphatic heterocycles. The van der Waals surface area contributed by atoms with Gasteiger partial charge in [-0.2, -0.15) is 11.3 Å². The molecule has 0 radical (unpaired) electrons. The third kappa shape index (κ3) is 3.14. The highest BCUT2D eigenvalue weighted by Crippen LogP contribution is 2.35. The summed E-state index contributed by atoms with van der Waals surface area (Å²) in [6, 6.07) is 3.70. The molecule has 1 amide bonds. The molecule has 0 aromatic carbocycles. The van der Waals surface area contributed by atoms with Crippen molar-refractivity contribution < 1.29 is 9.53 Å². The number of aromatic nitrogens is 2. The van der Waals surface area contributed by atoms with Crippen LogP contribution < -0.4 is 5.32 Å². The molecule has 2 saturated heterocycles. The number of piperidine rings is 1. The first kappa shape index (κ1) is 15.5. The predicted octanol–water partition coefficient (Wildman–Crippen LogP) is 2.13. The maximum Gasteiger partial charge on any atom is 0.254 e. The second-order valence-electron chi connectivity index (χ2n) is 6.30. The van der Waals surface area contributed by atoms with Gasteiger partial charge in [0.2, 0.25) is 5.95 Å². The van der Waals surface area contributed by atoms with Gasteiger partial charge >= 0.3 is 0 Å². The highest BCUT2D eigenvalue weighted by molar-refractivity contribution is 7.08. The summed E-state index contributed by atoms with van der Waals surface area (Å²) in [6.07, 6.45) is 4.60. The summed E-state index contributed by atoms with van der Waals surface area (Å²) in [5, 5.41) is 7.12. The molecular formula is C17H20N4O2S. The summed E-state index contributed by atoms with van der Waals surface area (Å²) >= 11 is 1.56. The monoisotopic (exact) mass is 344 g/mol. The van der Waals surface area contributed by atoms with Crippen molar-refractivity contribution in [1.29, 1.82) is 0 Å². The molecule has 0 unspecified atom stereocenters. The molecule has 0 saturated carbocycles. The number of thiophene rings is 1. The maximum atomic E-state index is 12.5. The molecule has 0 bridgehead atoms. The molecule has 7 heteroatoms. The van der Waals surface area contributed by atoms with Crippen molar-refractivity contribution in [2.45, 2.75) is 12.5 Å². The molecule has 126 valence electrons. The minimum Gasteiger partial charge on any atom is -0.376 e. The molecular weight excluding hydrogens is 324 g/mol. The van der Waals surface area contributed by atoms with Crippen LogP contribution in [0.1, 0.15) is 16.8 Å². The van der Waals surface area contributed by atoms with Crippen LogP contribution >= 0.6 is 11.3 Å². The molecule has 2 fully saturated rings. The molecule has 0 aliphatic carbocycles. The summed E-state index contributed by atoms with van der Waals surface area (Å²) in [5.74, 6) is 1.70. The smallest absolute Gasteiger partial charge is 0.254 e. The summed E-state index contributed by atoms with van der Waals surface area (Å²) in [7, 11) is 0. The lowest BCUT2D eigenvalue weighted by Crippen LogP contribution is -2.45. The van der Waals surface area contributed by atoms with Crippen molar-refractivity contribution in [3.8, 4) is 0 Å². The van der Waals surface area contributed by atoms with Gasteiger partial charge in [0.05, 0.1) is 18.3 Å². The fourth-order valence-electron chi connectivity index (χ4n) is 3.63. The van der Waals surface area contributed by atoms with Crippen LogP contribution in [0, 0.1) is 11.8 Å². The minimum atomic E-state index is 0.147. The number of nitrogens with zero attached hydrogens (tertiary/aromatic N) is 3. The van der Waals surface area contributed by atoms with Gasteiger partial charge in [0.15, 0.2) is 0 Å². The third-order valence-electron chi connectivity index (χ3n) is 4.88. The Morgan fingerprint density at radius 2 is 2.29 bits per heavy atom. The zero-order chi connectivity index (χ0) is 16.4. The van der Waals surface area contributed by atoms with Crippen LogP contribution in [0.2, 0.25) is 0 Å². The average molecular weight is 344 g/mol. The van der Waals surface area contributed by atoms with Gasteiger partial charge in [-0.1, -0.05) is 0 Å². The van der Waals surface area contributed by atoms with Gasteiger partial charge in [0.1, 0.15) is 0 Å². The van der Waals surface area contributed by atoms with E-state index in [1.54, 1.807) is 29.8 Å². The molecule has 2 aliphatic rings. The van der Waals surface area contributed by atoms with Crippen LogP contribution in [0.15, 0.2) is 35.3 Å². The largest absolute Gasteiger partial charge is 0.376 e. The van der Waals surface area contributed by atoms with Gasteiger partial charge in [-0.3, -0.25) is 4.79 Å². The van der Waals surface area contributed by atoms with Crippen molar-refractivity contribution >= 4 is 23.2 Å². The van der Waals surface area contributed by atoms with E-state index < -0.39 is 0 Å². The average Bonchev–Trinajstić information content (AvgIpc) is 3.30. The number of amides is 1. The molecule has 6 nitrogen and oxygen atoms in total. The zero-order valence-corrected chi connectivity index (χ0v) is 14.1. The van der Waals surface area contributed by atoms with Crippen LogP contribution in [0.5, 0.6) is 0 Å². The SMILES string of the molecule is O=C(c1ccsc1)N1CC[C@H]2[C@H](CO[C@H]2CNc2ncccn2)C1. The number of likely N-dealkylation sites (tertiary alicyclic amines) is 1. The Morgan fingerprint density at radius 1 is 1.42 bits per heavy atom. The number of carbonyl (C=O) groups is 1. The lowest BCUT2D eigenvalue weighted by molar-refractivity contribution is 0.0622. The highest BCUT2D eigenvalue weighted by Gasteiger charge is 2.41. The summed E-state index contributed by atoms with van der Waals surface area (Å²) < 4.78 is 5.99. The molecule has 24 heavy (non-hydrogen) atoms. The van der Waals surface area contributed by atoms with E-state index in [-0.39, 0.29) is 12.0 Å². The molecule has 4 rings (SSSR count). The predicted molar refractivity (Wildman–Crippen MR) is 92.1 cm³/mol. The van der Waals surface area contributed by atoms with Gasteiger partial charge in [-0.25, -0.2) is 9.97 Å². The lowest BCUT2D eigenvalue weighted by Gasteiger charge is -2.35. The van der Waals surface area contributed by atoms with Crippen molar-refractivity contribution in [2.24, 2.45) is 11.8 Å². The van der Waals surface area contributed by atoms with Crippen LogP contribution in [0.3, 0.4) is 0 Å². The van der Waals surface area contributed by atoms with Gasteiger partial charge in [0.25, 0.3) is 5.91 Å². The first-order valence-electron chi connectivity index (χ1n) is 8.25. The maximum absolute atomic E-state index is 12.5. The van der Waals surface area contributed by atoms with Crippen LogP contribution in [-0.2, 0) is 4.74 Å². The molecule has 3 atom stereocenters. The number of hydrogen-bond donors (Lipinski definition) is 1. The topological polar surface area (TPSA) is 67.3 Å². The summed E-state index contributed by atoms with van der Waals surface area (Å²) in [4.78, 5) is 22.8. The third-order valence-corrected chi connectivity index (χ3v) is 5.56. The second kappa shape index (κ2) is 6.86. The van der Waals surface area contributed by atoms with Crippen molar-refractivity contribution in [1.82, 2.24) is 14.9 Å². The van der Waals surface area contributed by atoms with E-state index in [0.717, 1.165) is 31.7 Å². The molecule has 4 heterocycles. The summed E-state index contributed by atoms with van der Waals surface area (Å²) in [5.41, 5.74) is 0.803. The number of fused-ring (bicyclic) bond motifs is 1. The number of rotatable bonds is 4. The molecule has 0 spiro atoms. The number of ether oxygens (including phenoxy) is 1. The van der Waals surface area contributed by atoms with Crippen molar-refractivity contribution in [3.63, 3.8) is 0 Å². The Kier molecular flexibility index (Phi) is 4.44. The van der Waals surface area contributed by atoms with E-state index in [0.29, 0.717) is 24.3 Å². The van der Waals surface area contributed by atoms with Gasteiger partial charge < -0.3 is 15.0 Å². The highest BCUT2D eigenvalue weighted by atomic mass is 32.1. The van der Waals surface area contributed by atoms with E-state index in [2.05, 4.69) is 15.3 Å². The van der Waals surface area contributed by atoms with E-state index in [1.807, 2.05) is 21.7 Å². The zero-order valence-electron chi connectivity index (χ0n) is 13.3. The van der Waals surface area contributed by atoms with E-state index in [1.165, 1.54) is 0 Å². The van der Waals surface area contributed by atoms with Gasteiger partial charge in [-0.15, -0.1) is 0 Å². The Hall–Kier alpha value is -1.99. The first-order chi connectivity index (χ1) is 11.8. The second-order valence-corrected chi connectivity index (χ2v) is 7.08. The van der Waals surface area contributed by atoms with Gasteiger partial charge in [0, 0.05) is 43.3 Å². The Labute approximate surface area is 144 Å². The van der Waals surface area contributed by atoms with E-state index in [9.17, 15) is 4.79 Å². The van der Waals surface area contributed by atoms with Crippen molar-refractivity contribution in [2.75, 3.05) is 31.6 Å². The normalized spacial score (nSPS) is 26.2. The quantitative estimate of drug-likeness (QED) is 0.920. The lowest BCUT2D eigenvalue weighted by atomic mass is 9.84. The number of hydrogen-bond acceptors (Lipinski definition) is 6. The van der Waals surface area contributed by atoms with E-state index in [4.69, 9.17) is 4.74 Å². The number of anilines is 1.